The fraction of sp³-hybridized carbons (Fsp3) is 0.417. The molecule has 0 aliphatic heterocycles. The molecule has 1 unspecified atom stereocenters. The van der Waals surface area contributed by atoms with Crippen molar-refractivity contribution in [2.24, 2.45) is 0 Å². The van der Waals surface area contributed by atoms with E-state index in [4.69, 9.17) is 0 Å². The molecule has 0 aliphatic carbocycles. The molecule has 0 amide bonds. The zero-order chi connectivity index (χ0) is 9.84. The molecule has 0 N–H and O–H groups in total. The SMILES string of the molecule is CC(=O)CC(C)c1ccccc1C. The Labute approximate surface area is 79.8 Å². The van der Waals surface area contributed by atoms with E-state index in [1.54, 1.807) is 6.92 Å². The zero-order valence-electron chi connectivity index (χ0n) is 8.50. The summed E-state index contributed by atoms with van der Waals surface area (Å²) in [5.74, 6) is 0.606. The van der Waals surface area contributed by atoms with Crippen molar-refractivity contribution in [3.05, 3.63) is 35.4 Å². The van der Waals surface area contributed by atoms with Gasteiger partial charge in [0.15, 0.2) is 0 Å². The molecule has 1 atom stereocenters. The van der Waals surface area contributed by atoms with E-state index in [0.29, 0.717) is 12.3 Å². The smallest absolute Gasteiger partial charge is 0.130 e. The highest BCUT2D eigenvalue weighted by atomic mass is 16.1. The lowest BCUT2D eigenvalue weighted by Gasteiger charge is -2.12. The topological polar surface area (TPSA) is 17.1 Å². The Hall–Kier alpha value is -1.11. The predicted molar refractivity (Wildman–Crippen MR) is 54.9 cm³/mol. The lowest BCUT2D eigenvalue weighted by Crippen LogP contribution is -2.01. The molecule has 0 radical (unpaired) electrons. The Morgan fingerprint density at radius 2 is 2.00 bits per heavy atom. The zero-order valence-corrected chi connectivity index (χ0v) is 8.50. The molecule has 0 saturated carbocycles. The van der Waals surface area contributed by atoms with Crippen LogP contribution in [0.1, 0.15) is 37.3 Å². The van der Waals surface area contributed by atoms with Crippen LogP contribution >= 0.6 is 0 Å². The van der Waals surface area contributed by atoms with Gasteiger partial charge < -0.3 is 4.79 Å². The molecule has 0 spiro atoms. The summed E-state index contributed by atoms with van der Waals surface area (Å²) < 4.78 is 0. The second-order valence-electron chi connectivity index (χ2n) is 3.66. The van der Waals surface area contributed by atoms with Crippen molar-refractivity contribution in [3.63, 3.8) is 0 Å². The fourth-order valence-electron chi connectivity index (χ4n) is 1.68. The maximum absolute atomic E-state index is 10.9. The highest BCUT2D eigenvalue weighted by Gasteiger charge is 2.09. The van der Waals surface area contributed by atoms with Gasteiger partial charge in [-0.3, -0.25) is 0 Å². The van der Waals surface area contributed by atoms with E-state index in [2.05, 4.69) is 26.0 Å². The van der Waals surface area contributed by atoms with Crippen molar-refractivity contribution in [2.75, 3.05) is 0 Å². The van der Waals surface area contributed by atoms with Crippen LogP contribution in [0, 0.1) is 6.92 Å². The molecule has 70 valence electrons. The average Bonchev–Trinajstić information content (AvgIpc) is 2.03. The third-order valence-corrected chi connectivity index (χ3v) is 2.31. The molecule has 0 bridgehead atoms. The van der Waals surface area contributed by atoms with Gasteiger partial charge in [0.25, 0.3) is 0 Å². The van der Waals surface area contributed by atoms with Gasteiger partial charge in [0, 0.05) is 6.42 Å². The van der Waals surface area contributed by atoms with Crippen LogP contribution in [-0.4, -0.2) is 5.78 Å². The summed E-state index contributed by atoms with van der Waals surface area (Å²) in [4.78, 5) is 10.9. The van der Waals surface area contributed by atoms with Crippen molar-refractivity contribution in [2.45, 2.75) is 33.1 Å². The van der Waals surface area contributed by atoms with E-state index in [1.807, 2.05) is 12.1 Å². The molecule has 0 heterocycles. The summed E-state index contributed by atoms with van der Waals surface area (Å²) in [5, 5.41) is 0. The van der Waals surface area contributed by atoms with Crippen LogP contribution in [0.15, 0.2) is 24.3 Å². The van der Waals surface area contributed by atoms with E-state index in [9.17, 15) is 4.79 Å². The lowest BCUT2D eigenvalue weighted by molar-refractivity contribution is -0.117. The Morgan fingerprint density at radius 3 is 2.54 bits per heavy atom. The molecule has 0 fully saturated rings. The number of hydrogen-bond donors (Lipinski definition) is 0. The Kier molecular flexibility index (Phi) is 3.24. The normalized spacial score (nSPS) is 12.5. The molecule has 0 aromatic heterocycles. The standard InChI is InChI=1S/C12H16O/c1-9-6-4-5-7-12(9)10(2)8-11(3)13/h4-7,10H,8H2,1-3H3. The van der Waals surface area contributed by atoms with Gasteiger partial charge in [-0.05, 0) is 30.9 Å². The van der Waals surface area contributed by atoms with Crippen LogP contribution < -0.4 is 0 Å². The summed E-state index contributed by atoms with van der Waals surface area (Å²) in [6.07, 6.45) is 0.644. The molecule has 0 saturated heterocycles. The summed E-state index contributed by atoms with van der Waals surface area (Å²) >= 11 is 0. The van der Waals surface area contributed by atoms with Crippen LogP contribution in [0.2, 0.25) is 0 Å². The van der Waals surface area contributed by atoms with Crippen LogP contribution in [0.3, 0.4) is 0 Å². The van der Waals surface area contributed by atoms with Crippen molar-refractivity contribution >= 4 is 5.78 Å². The van der Waals surface area contributed by atoms with E-state index in [0.717, 1.165) is 0 Å². The molecule has 1 heteroatoms. The van der Waals surface area contributed by atoms with Gasteiger partial charge in [-0.1, -0.05) is 31.2 Å². The van der Waals surface area contributed by atoms with Gasteiger partial charge in [0.1, 0.15) is 5.78 Å². The van der Waals surface area contributed by atoms with Crippen molar-refractivity contribution in [3.8, 4) is 0 Å². The Balaban J connectivity index is 2.82. The summed E-state index contributed by atoms with van der Waals surface area (Å²) in [7, 11) is 0. The molecule has 1 rings (SSSR count). The lowest BCUT2D eigenvalue weighted by atomic mass is 9.93. The van der Waals surface area contributed by atoms with Crippen molar-refractivity contribution in [1.82, 2.24) is 0 Å². The van der Waals surface area contributed by atoms with Gasteiger partial charge in [0.05, 0.1) is 0 Å². The van der Waals surface area contributed by atoms with E-state index in [-0.39, 0.29) is 5.78 Å². The first-order chi connectivity index (χ1) is 6.11. The first-order valence-corrected chi connectivity index (χ1v) is 4.66. The fourth-order valence-corrected chi connectivity index (χ4v) is 1.68. The molecular formula is C12H16O. The van der Waals surface area contributed by atoms with Gasteiger partial charge in [-0.25, -0.2) is 0 Å². The number of Topliss-reactive ketones (excluding diaryl/α,β-unsaturated/α-hetero) is 1. The summed E-state index contributed by atoms with van der Waals surface area (Å²) in [6, 6.07) is 8.24. The highest BCUT2D eigenvalue weighted by molar-refractivity contribution is 5.76. The third kappa shape index (κ3) is 2.69. The minimum Gasteiger partial charge on any atom is -0.300 e. The summed E-state index contributed by atoms with van der Waals surface area (Å²) in [6.45, 7) is 5.84. The maximum Gasteiger partial charge on any atom is 0.130 e. The number of aryl methyl sites for hydroxylation is 1. The Morgan fingerprint density at radius 1 is 1.38 bits per heavy atom. The molecule has 0 aliphatic rings. The number of benzene rings is 1. The number of hydrogen-bond acceptors (Lipinski definition) is 1. The molecule has 1 aromatic rings. The van der Waals surface area contributed by atoms with Gasteiger partial charge in [-0.2, -0.15) is 0 Å². The van der Waals surface area contributed by atoms with Gasteiger partial charge in [0.2, 0.25) is 0 Å². The molecule has 1 nitrogen and oxygen atoms in total. The molecule has 13 heavy (non-hydrogen) atoms. The summed E-state index contributed by atoms with van der Waals surface area (Å²) in [5.41, 5.74) is 2.56. The quantitative estimate of drug-likeness (QED) is 0.691. The average molecular weight is 176 g/mol. The van der Waals surface area contributed by atoms with Crippen molar-refractivity contribution in [1.29, 1.82) is 0 Å². The second kappa shape index (κ2) is 4.22. The van der Waals surface area contributed by atoms with Gasteiger partial charge >= 0.3 is 0 Å². The number of carbonyl (C=O) groups excluding carboxylic acids is 1. The number of carbonyl (C=O) groups is 1. The van der Waals surface area contributed by atoms with Crippen LogP contribution in [-0.2, 0) is 4.79 Å². The Bertz CT molecular complexity index is 302. The third-order valence-electron chi connectivity index (χ3n) is 2.31. The second-order valence-corrected chi connectivity index (χ2v) is 3.66. The van der Waals surface area contributed by atoms with E-state index >= 15 is 0 Å². The molecule has 1 aromatic carbocycles. The van der Waals surface area contributed by atoms with Crippen LogP contribution in [0.5, 0.6) is 0 Å². The van der Waals surface area contributed by atoms with Crippen LogP contribution in [0.4, 0.5) is 0 Å². The predicted octanol–water partition coefficient (Wildman–Crippen LogP) is 3.08. The van der Waals surface area contributed by atoms with E-state index in [1.165, 1.54) is 11.1 Å². The first-order valence-electron chi connectivity index (χ1n) is 4.66. The largest absolute Gasteiger partial charge is 0.300 e. The van der Waals surface area contributed by atoms with E-state index < -0.39 is 0 Å². The minimum atomic E-state index is 0.260. The minimum absolute atomic E-state index is 0.260. The molecular weight excluding hydrogens is 160 g/mol. The first kappa shape index (κ1) is 9.97. The highest BCUT2D eigenvalue weighted by Crippen LogP contribution is 2.22. The van der Waals surface area contributed by atoms with Crippen molar-refractivity contribution < 1.29 is 4.79 Å². The van der Waals surface area contributed by atoms with Gasteiger partial charge in [-0.15, -0.1) is 0 Å². The van der Waals surface area contributed by atoms with Crippen LogP contribution in [0.25, 0.3) is 0 Å². The number of ketones is 1. The maximum atomic E-state index is 10.9. The number of rotatable bonds is 3. The monoisotopic (exact) mass is 176 g/mol.